The highest BCUT2D eigenvalue weighted by molar-refractivity contribution is 5.86. The zero-order valence-corrected chi connectivity index (χ0v) is 15.2. The van der Waals surface area contributed by atoms with E-state index in [4.69, 9.17) is 0 Å². The lowest BCUT2D eigenvalue weighted by molar-refractivity contribution is -0.157. The fraction of sp³-hybridized carbons (Fsp3) is 0.667. The van der Waals surface area contributed by atoms with Crippen molar-refractivity contribution in [2.75, 3.05) is 0 Å². The van der Waals surface area contributed by atoms with Gasteiger partial charge in [0.2, 0.25) is 0 Å². The maximum Gasteiger partial charge on any atom is 0.161 e. The minimum absolute atomic E-state index is 0.0471. The van der Waals surface area contributed by atoms with Crippen molar-refractivity contribution in [3.05, 3.63) is 35.6 Å². The highest BCUT2D eigenvalue weighted by Crippen LogP contribution is 2.66. The van der Waals surface area contributed by atoms with Gasteiger partial charge in [-0.05, 0) is 62.2 Å². The molecule has 4 nitrogen and oxygen atoms in total. The summed E-state index contributed by atoms with van der Waals surface area (Å²) >= 11 is 0. The number of rotatable bonds is 1. The van der Waals surface area contributed by atoms with Crippen molar-refractivity contribution >= 4 is 5.78 Å². The Morgan fingerprint density at radius 3 is 2.56 bits per heavy atom. The lowest BCUT2D eigenvalue weighted by Gasteiger charge is -2.56. The first-order valence-electron chi connectivity index (χ1n) is 9.37. The first kappa shape index (κ1) is 17.0. The largest absolute Gasteiger partial charge is 0.512 e. The van der Waals surface area contributed by atoms with Crippen LogP contribution in [0.4, 0.5) is 0 Å². The summed E-state index contributed by atoms with van der Waals surface area (Å²) in [6.07, 6.45) is 9.80. The normalized spacial score (nSPS) is 51.1. The van der Waals surface area contributed by atoms with Crippen LogP contribution >= 0.6 is 0 Å². The molecule has 0 unspecified atom stereocenters. The van der Waals surface area contributed by atoms with Gasteiger partial charge in [-0.25, -0.2) is 0 Å². The third-order valence-corrected chi connectivity index (χ3v) is 8.03. The summed E-state index contributed by atoms with van der Waals surface area (Å²) in [5, 5.41) is 31.9. The van der Waals surface area contributed by atoms with Gasteiger partial charge in [-0.2, -0.15) is 0 Å². The Labute approximate surface area is 148 Å². The van der Waals surface area contributed by atoms with Crippen molar-refractivity contribution in [2.45, 2.75) is 58.2 Å². The second-order valence-electron chi connectivity index (χ2n) is 8.97. The number of ketones is 1. The van der Waals surface area contributed by atoms with Crippen molar-refractivity contribution in [3.63, 3.8) is 0 Å². The van der Waals surface area contributed by atoms with Crippen LogP contribution in [0.2, 0.25) is 0 Å². The highest BCUT2D eigenvalue weighted by atomic mass is 16.3. The molecule has 0 heterocycles. The fourth-order valence-corrected chi connectivity index (χ4v) is 6.43. The molecule has 4 heteroatoms. The van der Waals surface area contributed by atoms with Gasteiger partial charge >= 0.3 is 0 Å². The van der Waals surface area contributed by atoms with Gasteiger partial charge in [-0.3, -0.25) is 4.79 Å². The van der Waals surface area contributed by atoms with E-state index in [1.54, 1.807) is 0 Å². The first-order chi connectivity index (χ1) is 11.6. The van der Waals surface area contributed by atoms with E-state index in [0.29, 0.717) is 12.2 Å². The van der Waals surface area contributed by atoms with E-state index in [9.17, 15) is 20.1 Å². The molecule has 2 saturated carbocycles. The summed E-state index contributed by atoms with van der Waals surface area (Å²) in [5.74, 6) is 0.465. The van der Waals surface area contributed by atoms with Crippen LogP contribution in [0.25, 0.3) is 0 Å². The Bertz CT molecular complexity index is 719. The van der Waals surface area contributed by atoms with E-state index < -0.39 is 17.1 Å². The summed E-state index contributed by atoms with van der Waals surface area (Å²) in [5.41, 5.74) is -1.01. The molecule has 0 aromatic rings. The molecule has 2 fully saturated rings. The molecule has 0 aliphatic heterocycles. The number of allylic oxidation sites excluding steroid dienone is 4. The van der Waals surface area contributed by atoms with Crippen LogP contribution in [-0.4, -0.2) is 32.8 Å². The third kappa shape index (κ3) is 1.98. The number of aliphatic hydroxyl groups is 3. The topological polar surface area (TPSA) is 77.8 Å². The molecule has 25 heavy (non-hydrogen) atoms. The molecular formula is C21H28O4. The van der Waals surface area contributed by atoms with Crippen LogP contribution in [0, 0.1) is 28.6 Å². The monoisotopic (exact) mass is 344 g/mol. The van der Waals surface area contributed by atoms with E-state index in [2.05, 4.69) is 13.0 Å². The molecule has 7 atom stereocenters. The van der Waals surface area contributed by atoms with Gasteiger partial charge in [0.05, 0.1) is 11.9 Å². The molecule has 0 aromatic heterocycles. The van der Waals surface area contributed by atoms with E-state index in [-0.39, 0.29) is 29.0 Å². The standard InChI is InChI=1S/C21H28O4/c1-12(22)21(25)9-6-16-18-15(5-8-20(16,21)3)19(2)7-4-14(23)10-13(19)11-17(18)24/h4,7,10-11,14-16,18,23-25H,5-6,8-9H2,1-3H3/t14-,15+,16+,18-,19+,20+,21+/m1/s1. The van der Waals surface area contributed by atoms with Gasteiger partial charge in [0.25, 0.3) is 0 Å². The summed E-state index contributed by atoms with van der Waals surface area (Å²) in [7, 11) is 0. The minimum atomic E-state index is -1.28. The number of Topliss-reactive ketones (excluding diaryl/α,β-unsaturated/α-hetero) is 1. The maximum absolute atomic E-state index is 12.2. The zero-order chi connectivity index (χ0) is 18.2. The van der Waals surface area contributed by atoms with Gasteiger partial charge in [0.1, 0.15) is 5.60 Å². The summed E-state index contributed by atoms with van der Waals surface area (Å²) in [6, 6.07) is 0. The Morgan fingerprint density at radius 1 is 1.20 bits per heavy atom. The first-order valence-corrected chi connectivity index (χ1v) is 9.37. The van der Waals surface area contributed by atoms with Crippen LogP contribution in [-0.2, 0) is 4.79 Å². The molecule has 0 aromatic carbocycles. The van der Waals surface area contributed by atoms with Gasteiger partial charge in [0, 0.05) is 16.7 Å². The number of carbonyl (C=O) groups is 1. The highest BCUT2D eigenvalue weighted by Gasteiger charge is 2.66. The molecule has 4 aliphatic rings. The Balaban J connectivity index is 1.80. The molecule has 136 valence electrons. The van der Waals surface area contributed by atoms with Crippen molar-refractivity contribution < 1.29 is 20.1 Å². The number of fused-ring (bicyclic) bond motifs is 5. The SMILES string of the molecule is CC(=O)[C@@]1(O)CC[C@H]2[C@@H]3C(O)=CC4=C[C@H](O)C=C[C@]4(C)[C@H]3CC[C@@]21C. The number of aliphatic hydroxyl groups excluding tert-OH is 2. The molecular weight excluding hydrogens is 316 g/mol. The molecule has 0 spiro atoms. The van der Waals surface area contributed by atoms with Gasteiger partial charge in [-0.1, -0.05) is 26.0 Å². The predicted molar refractivity (Wildman–Crippen MR) is 94.7 cm³/mol. The second-order valence-corrected chi connectivity index (χ2v) is 8.97. The fourth-order valence-electron chi connectivity index (χ4n) is 6.43. The van der Waals surface area contributed by atoms with Crippen molar-refractivity contribution in [3.8, 4) is 0 Å². The average Bonchev–Trinajstić information content (AvgIpc) is 2.82. The lowest BCUT2D eigenvalue weighted by Crippen LogP contribution is -2.56. The minimum Gasteiger partial charge on any atom is -0.512 e. The van der Waals surface area contributed by atoms with Crippen LogP contribution < -0.4 is 0 Å². The van der Waals surface area contributed by atoms with Crippen molar-refractivity contribution in [2.24, 2.45) is 28.6 Å². The van der Waals surface area contributed by atoms with Gasteiger partial charge < -0.3 is 15.3 Å². The third-order valence-electron chi connectivity index (χ3n) is 8.03. The van der Waals surface area contributed by atoms with Crippen LogP contribution in [0.5, 0.6) is 0 Å². The summed E-state index contributed by atoms with van der Waals surface area (Å²) in [6.45, 7) is 5.70. The number of hydrogen-bond acceptors (Lipinski definition) is 4. The molecule has 0 amide bonds. The van der Waals surface area contributed by atoms with Crippen molar-refractivity contribution in [1.82, 2.24) is 0 Å². The number of carbonyl (C=O) groups excluding carboxylic acids is 1. The van der Waals surface area contributed by atoms with Crippen LogP contribution in [0.1, 0.15) is 46.5 Å². The molecule has 4 rings (SSSR count). The second kappa shape index (κ2) is 5.08. The van der Waals surface area contributed by atoms with Crippen molar-refractivity contribution in [1.29, 1.82) is 0 Å². The predicted octanol–water partition coefficient (Wildman–Crippen LogP) is 3.07. The molecule has 4 aliphatic carbocycles. The average molecular weight is 344 g/mol. The van der Waals surface area contributed by atoms with Crippen LogP contribution in [0.15, 0.2) is 35.6 Å². The smallest absolute Gasteiger partial charge is 0.161 e. The maximum atomic E-state index is 12.2. The summed E-state index contributed by atoms with van der Waals surface area (Å²) in [4.78, 5) is 12.2. The summed E-state index contributed by atoms with van der Waals surface area (Å²) < 4.78 is 0. The molecule has 0 saturated heterocycles. The Hall–Kier alpha value is -1.39. The van der Waals surface area contributed by atoms with E-state index >= 15 is 0 Å². The Morgan fingerprint density at radius 2 is 1.88 bits per heavy atom. The quantitative estimate of drug-likeness (QED) is 0.639. The van der Waals surface area contributed by atoms with E-state index in [1.165, 1.54) is 6.92 Å². The van der Waals surface area contributed by atoms with E-state index in [1.807, 2.05) is 25.2 Å². The molecule has 0 bridgehead atoms. The molecule has 0 radical (unpaired) electrons. The van der Waals surface area contributed by atoms with Gasteiger partial charge in [0.15, 0.2) is 5.78 Å². The zero-order valence-electron chi connectivity index (χ0n) is 15.2. The number of hydrogen-bond donors (Lipinski definition) is 3. The lowest BCUT2D eigenvalue weighted by atomic mass is 9.48. The van der Waals surface area contributed by atoms with E-state index in [0.717, 1.165) is 24.8 Å². The van der Waals surface area contributed by atoms with Gasteiger partial charge in [-0.15, -0.1) is 0 Å². The molecule has 3 N–H and O–H groups in total. The Kier molecular flexibility index (Phi) is 3.46. The van der Waals surface area contributed by atoms with Crippen LogP contribution in [0.3, 0.4) is 0 Å².